The van der Waals surface area contributed by atoms with E-state index in [0.29, 0.717) is 28.6 Å². The van der Waals surface area contributed by atoms with E-state index in [-0.39, 0.29) is 17.9 Å². The summed E-state index contributed by atoms with van der Waals surface area (Å²) in [6.07, 6.45) is 2.44. The van der Waals surface area contributed by atoms with Gasteiger partial charge in [-0.1, -0.05) is 29.3 Å². The van der Waals surface area contributed by atoms with E-state index in [0.717, 1.165) is 38.2 Å². The molecule has 2 heterocycles. The summed E-state index contributed by atoms with van der Waals surface area (Å²) < 4.78 is 21.1. The summed E-state index contributed by atoms with van der Waals surface area (Å²) in [4.78, 5) is 19.7. The molecule has 1 saturated heterocycles. The predicted octanol–water partition coefficient (Wildman–Crippen LogP) is 7.35. The number of pyridine rings is 1. The summed E-state index contributed by atoms with van der Waals surface area (Å²) in [6, 6.07) is 13.9. The van der Waals surface area contributed by atoms with Gasteiger partial charge in [-0.15, -0.1) is 11.8 Å². The maximum atomic E-state index is 15.7. The number of fused-ring (bicyclic) bond motifs is 1. The van der Waals surface area contributed by atoms with E-state index in [1.165, 1.54) is 16.7 Å². The molecule has 1 aliphatic rings. The molecule has 0 aliphatic carbocycles. The molecule has 1 fully saturated rings. The lowest BCUT2D eigenvalue weighted by Gasteiger charge is -2.41. The number of ether oxygens (including phenoxy) is 1. The number of carbonyl (C=O) groups is 1. The summed E-state index contributed by atoms with van der Waals surface area (Å²) >= 11 is 8.25. The molecular weight excluding hydrogens is 511 g/mol. The summed E-state index contributed by atoms with van der Waals surface area (Å²) in [6.45, 7) is 4.69. The van der Waals surface area contributed by atoms with Gasteiger partial charge in [0.05, 0.1) is 24.1 Å². The van der Waals surface area contributed by atoms with E-state index in [9.17, 15) is 9.90 Å². The van der Waals surface area contributed by atoms with E-state index in [2.05, 4.69) is 41.1 Å². The standard InChI is InChI=1S/C29H34ClFN2O3S/c1-20-3-6-22(7-4-20)37-16-15-33-13-11-29(12-14-33,18-27(34)35)10-9-25(31)28-23-17-21(36-2)5-8-26(23)32-19-24(28)30/h3-8,17,19,25H,9-16,18H2,1-2H3,(H,34,35). The molecule has 0 amide bonds. The van der Waals surface area contributed by atoms with Crippen molar-refractivity contribution >= 4 is 40.2 Å². The number of hydrogen-bond donors (Lipinski definition) is 1. The second kappa shape index (κ2) is 12.5. The van der Waals surface area contributed by atoms with Crippen LogP contribution in [0.3, 0.4) is 0 Å². The van der Waals surface area contributed by atoms with Gasteiger partial charge in [-0.25, -0.2) is 4.39 Å². The molecule has 1 N–H and O–H groups in total. The van der Waals surface area contributed by atoms with Crippen LogP contribution >= 0.6 is 23.4 Å². The van der Waals surface area contributed by atoms with Gasteiger partial charge in [-0.05, 0) is 81.4 Å². The van der Waals surface area contributed by atoms with Crippen molar-refractivity contribution in [3.63, 3.8) is 0 Å². The molecule has 1 unspecified atom stereocenters. The fourth-order valence-corrected chi connectivity index (χ4v) is 6.39. The lowest BCUT2D eigenvalue weighted by Crippen LogP contribution is -2.42. The SMILES string of the molecule is COc1ccc2ncc(Cl)c(C(F)CCC3(CC(=O)O)CCN(CCSc4ccc(C)cc4)CC3)c2c1. The fourth-order valence-electron chi connectivity index (χ4n) is 5.20. The Balaban J connectivity index is 1.38. The number of carboxylic acids is 1. The monoisotopic (exact) mass is 544 g/mol. The van der Waals surface area contributed by atoms with Crippen molar-refractivity contribution < 1.29 is 19.0 Å². The van der Waals surface area contributed by atoms with Gasteiger partial charge >= 0.3 is 5.97 Å². The van der Waals surface area contributed by atoms with Crippen LogP contribution in [0.2, 0.25) is 5.02 Å². The van der Waals surface area contributed by atoms with Crippen LogP contribution in [0.1, 0.15) is 49.4 Å². The van der Waals surface area contributed by atoms with Gasteiger partial charge in [0.1, 0.15) is 11.9 Å². The van der Waals surface area contributed by atoms with Gasteiger partial charge in [0.15, 0.2) is 0 Å². The van der Waals surface area contributed by atoms with Crippen LogP contribution in [0.25, 0.3) is 10.9 Å². The van der Waals surface area contributed by atoms with E-state index in [1.54, 1.807) is 25.3 Å². The molecule has 1 aliphatic heterocycles. The Bertz CT molecular complexity index is 1220. The number of benzene rings is 2. The first-order valence-corrected chi connectivity index (χ1v) is 14.0. The Hall–Kier alpha value is -2.35. The van der Waals surface area contributed by atoms with Crippen LogP contribution in [0, 0.1) is 12.3 Å². The number of halogens is 2. The number of aryl methyl sites for hydroxylation is 1. The normalized spacial score (nSPS) is 16.5. The summed E-state index contributed by atoms with van der Waals surface area (Å²) in [5, 5.41) is 10.6. The first-order valence-electron chi connectivity index (χ1n) is 12.7. The first-order chi connectivity index (χ1) is 17.8. The summed E-state index contributed by atoms with van der Waals surface area (Å²) in [5.74, 6) is 0.773. The molecule has 37 heavy (non-hydrogen) atoms. The number of methoxy groups -OCH3 is 1. The first kappa shape index (κ1) is 27.7. The molecule has 2 aromatic carbocycles. The second-order valence-electron chi connectivity index (χ2n) is 9.98. The zero-order valence-electron chi connectivity index (χ0n) is 21.4. The van der Waals surface area contributed by atoms with Gasteiger partial charge in [-0.3, -0.25) is 9.78 Å². The number of aliphatic carboxylic acids is 1. The lowest BCUT2D eigenvalue weighted by molar-refractivity contribution is -0.141. The molecule has 5 nitrogen and oxygen atoms in total. The Labute approximate surface area is 227 Å². The minimum absolute atomic E-state index is 0.0598. The third kappa shape index (κ3) is 7.15. The number of aromatic nitrogens is 1. The zero-order chi connectivity index (χ0) is 26.4. The van der Waals surface area contributed by atoms with Gasteiger partial charge in [-0.2, -0.15) is 0 Å². The molecule has 3 aromatic rings. The van der Waals surface area contributed by atoms with Crippen molar-refractivity contribution in [2.45, 2.75) is 50.1 Å². The fraction of sp³-hybridized carbons (Fsp3) is 0.448. The van der Waals surface area contributed by atoms with Crippen molar-refractivity contribution in [1.82, 2.24) is 9.88 Å². The minimum Gasteiger partial charge on any atom is -0.497 e. The largest absolute Gasteiger partial charge is 0.497 e. The van der Waals surface area contributed by atoms with Gasteiger partial charge in [0.2, 0.25) is 0 Å². The average molecular weight is 545 g/mol. The third-order valence-electron chi connectivity index (χ3n) is 7.45. The maximum Gasteiger partial charge on any atom is 0.303 e. The Morgan fingerprint density at radius 2 is 1.97 bits per heavy atom. The molecule has 8 heteroatoms. The summed E-state index contributed by atoms with van der Waals surface area (Å²) in [5.41, 5.74) is 1.90. The Morgan fingerprint density at radius 3 is 2.65 bits per heavy atom. The average Bonchev–Trinajstić information content (AvgIpc) is 2.89. The number of alkyl halides is 1. The molecule has 0 spiro atoms. The second-order valence-corrected chi connectivity index (χ2v) is 11.6. The van der Waals surface area contributed by atoms with E-state index in [4.69, 9.17) is 16.3 Å². The van der Waals surface area contributed by atoms with Crippen LogP contribution in [0.4, 0.5) is 4.39 Å². The van der Waals surface area contributed by atoms with Gasteiger partial charge in [0.25, 0.3) is 0 Å². The van der Waals surface area contributed by atoms with Gasteiger partial charge < -0.3 is 14.7 Å². The van der Waals surface area contributed by atoms with Crippen LogP contribution < -0.4 is 4.74 Å². The Kier molecular flexibility index (Phi) is 9.32. The van der Waals surface area contributed by atoms with E-state index < -0.39 is 17.6 Å². The van der Waals surface area contributed by atoms with Crippen LogP contribution in [0.15, 0.2) is 53.6 Å². The van der Waals surface area contributed by atoms with Gasteiger partial charge in [0, 0.05) is 34.3 Å². The van der Waals surface area contributed by atoms with Crippen molar-refractivity contribution in [2.24, 2.45) is 5.41 Å². The molecule has 0 bridgehead atoms. The topological polar surface area (TPSA) is 62.7 Å². The van der Waals surface area contributed by atoms with Crippen molar-refractivity contribution in [1.29, 1.82) is 0 Å². The van der Waals surface area contributed by atoms with Crippen LogP contribution in [-0.4, -0.2) is 53.5 Å². The van der Waals surface area contributed by atoms with E-state index in [1.807, 2.05) is 11.8 Å². The highest BCUT2D eigenvalue weighted by atomic mass is 35.5. The molecule has 0 radical (unpaired) electrons. The maximum absolute atomic E-state index is 15.7. The van der Waals surface area contributed by atoms with Crippen molar-refractivity contribution in [3.05, 3.63) is 64.8 Å². The number of piperidine rings is 1. The van der Waals surface area contributed by atoms with Crippen molar-refractivity contribution in [3.8, 4) is 5.75 Å². The zero-order valence-corrected chi connectivity index (χ0v) is 23.0. The minimum atomic E-state index is -1.32. The number of carboxylic acid groups (broad SMARTS) is 1. The predicted molar refractivity (Wildman–Crippen MR) is 149 cm³/mol. The number of likely N-dealkylation sites (tertiary alicyclic amines) is 1. The van der Waals surface area contributed by atoms with Crippen LogP contribution in [-0.2, 0) is 4.79 Å². The highest BCUT2D eigenvalue weighted by Crippen LogP contribution is 2.44. The number of nitrogens with zero attached hydrogens (tertiary/aromatic N) is 2. The molecule has 4 rings (SSSR count). The summed E-state index contributed by atoms with van der Waals surface area (Å²) in [7, 11) is 1.56. The highest BCUT2D eigenvalue weighted by Gasteiger charge is 2.37. The lowest BCUT2D eigenvalue weighted by atomic mass is 9.71. The van der Waals surface area contributed by atoms with E-state index >= 15 is 4.39 Å². The number of rotatable bonds is 11. The molecular formula is C29H34ClFN2O3S. The molecule has 1 atom stereocenters. The number of hydrogen-bond acceptors (Lipinski definition) is 5. The third-order valence-corrected chi connectivity index (χ3v) is 8.74. The highest BCUT2D eigenvalue weighted by molar-refractivity contribution is 7.99. The Morgan fingerprint density at radius 1 is 1.24 bits per heavy atom. The van der Waals surface area contributed by atoms with Crippen LogP contribution in [0.5, 0.6) is 5.75 Å². The smallest absolute Gasteiger partial charge is 0.303 e. The molecule has 198 valence electrons. The number of thioether (sulfide) groups is 1. The van der Waals surface area contributed by atoms with Crippen molar-refractivity contribution in [2.75, 3.05) is 32.5 Å². The molecule has 0 saturated carbocycles. The quantitative estimate of drug-likeness (QED) is 0.255. The molecule has 1 aromatic heterocycles.